The first kappa shape index (κ1) is 15.0. The number of fused-ring (bicyclic) bond motifs is 1. The number of hydrogen-bond acceptors (Lipinski definition) is 4. The molecule has 4 nitrogen and oxygen atoms in total. The summed E-state index contributed by atoms with van der Waals surface area (Å²) in [5.74, 6) is -0.412. The number of carbonyl (C=O) groups is 1. The summed E-state index contributed by atoms with van der Waals surface area (Å²) < 4.78 is 23.6. The molecule has 0 atom stereocenters. The Labute approximate surface area is 131 Å². The highest BCUT2D eigenvalue weighted by Gasteiger charge is 2.09. The summed E-state index contributed by atoms with van der Waals surface area (Å²) in [6.07, 6.45) is 0. The summed E-state index contributed by atoms with van der Waals surface area (Å²) >= 11 is 0. The van der Waals surface area contributed by atoms with Gasteiger partial charge in [0.05, 0.1) is 0 Å². The molecule has 0 saturated carbocycles. The molecule has 0 bridgehead atoms. The predicted molar refractivity (Wildman–Crippen MR) is 83.4 cm³/mol. The van der Waals surface area contributed by atoms with E-state index in [1.165, 1.54) is 24.3 Å². The van der Waals surface area contributed by atoms with Crippen molar-refractivity contribution in [2.75, 3.05) is 6.61 Å². The van der Waals surface area contributed by atoms with E-state index in [0.29, 0.717) is 11.3 Å². The van der Waals surface area contributed by atoms with Gasteiger partial charge >= 0.3 is 5.63 Å². The lowest BCUT2D eigenvalue weighted by Gasteiger charge is -2.07. The van der Waals surface area contributed by atoms with Gasteiger partial charge in [-0.25, -0.2) is 9.18 Å². The van der Waals surface area contributed by atoms with E-state index >= 15 is 0 Å². The quantitative estimate of drug-likeness (QED) is 0.546. The Kier molecular flexibility index (Phi) is 3.93. The van der Waals surface area contributed by atoms with Gasteiger partial charge < -0.3 is 9.15 Å². The van der Waals surface area contributed by atoms with Crippen molar-refractivity contribution < 1.29 is 18.3 Å². The first-order valence-electron chi connectivity index (χ1n) is 6.99. The molecule has 3 aromatic rings. The van der Waals surface area contributed by atoms with E-state index in [0.717, 1.165) is 17.0 Å². The van der Waals surface area contributed by atoms with Crippen LogP contribution in [0.4, 0.5) is 4.39 Å². The van der Waals surface area contributed by atoms with Gasteiger partial charge in [-0.15, -0.1) is 0 Å². The van der Waals surface area contributed by atoms with E-state index in [-0.39, 0.29) is 18.0 Å². The van der Waals surface area contributed by atoms with E-state index in [9.17, 15) is 14.0 Å². The molecule has 0 saturated heterocycles. The average molecular weight is 312 g/mol. The van der Waals surface area contributed by atoms with Crippen LogP contribution in [0.25, 0.3) is 11.0 Å². The molecule has 0 fully saturated rings. The summed E-state index contributed by atoms with van der Waals surface area (Å²) in [5, 5.41) is 0.799. The van der Waals surface area contributed by atoms with Gasteiger partial charge in [0.25, 0.3) is 0 Å². The SMILES string of the molecule is Cc1cc(=O)oc2cc(OCC(=O)c3cccc(F)c3)ccc12. The minimum absolute atomic E-state index is 0.231. The van der Waals surface area contributed by atoms with Gasteiger partial charge in [0.1, 0.15) is 17.1 Å². The fourth-order valence-electron chi connectivity index (χ4n) is 2.29. The number of benzene rings is 2. The van der Waals surface area contributed by atoms with Gasteiger partial charge in [0, 0.05) is 23.1 Å². The Hall–Kier alpha value is -2.95. The predicted octanol–water partition coefficient (Wildman–Crippen LogP) is 3.50. The Balaban J connectivity index is 1.79. The van der Waals surface area contributed by atoms with Crippen molar-refractivity contribution in [1.82, 2.24) is 0 Å². The maximum Gasteiger partial charge on any atom is 0.336 e. The molecule has 0 N–H and O–H groups in total. The van der Waals surface area contributed by atoms with Crippen LogP contribution in [0.3, 0.4) is 0 Å². The first-order chi connectivity index (χ1) is 11.0. The van der Waals surface area contributed by atoms with Gasteiger partial charge in [0.15, 0.2) is 12.4 Å². The molecule has 2 aromatic carbocycles. The maximum absolute atomic E-state index is 13.1. The molecule has 1 heterocycles. The van der Waals surface area contributed by atoms with Crippen LogP contribution in [0.1, 0.15) is 15.9 Å². The fourth-order valence-corrected chi connectivity index (χ4v) is 2.29. The van der Waals surface area contributed by atoms with Crippen LogP contribution in [0.15, 0.2) is 57.7 Å². The zero-order chi connectivity index (χ0) is 16.4. The second-order valence-electron chi connectivity index (χ2n) is 5.13. The molecule has 0 amide bonds. The molecule has 0 unspecified atom stereocenters. The van der Waals surface area contributed by atoms with E-state index in [1.54, 1.807) is 18.2 Å². The van der Waals surface area contributed by atoms with Gasteiger partial charge in [-0.05, 0) is 36.8 Å². The van der Waals surface area contributed by atoms with E-state index in [4.69, 9.17) is 9.15 Å². The highest BCUT2D eigenvalue weighted by Crippen LogP contribution is 2.22. The van der Waals surface area contributed by atoms with E-state index in [2.05, 4.69) is 0 Å². The van der Waals surface area contributed by atoms with Crippen molar-refractivity contribution >= 4 is 16.8 Å². The van der Waals surface area contributed by atoms with Crippen LogP contribution in [-0.4, -0.2) is 12.4 Å². The number of halogens is 1. The smallest absolute Gasteiger partial charge is 0.336 e. The number of Topliss-reactive ketones (excluding diaryl/α,β-unsaturated/α-hetero) is 1. The van der Waals surface area contributed by atoms with Gasteiger partial charge in [-0.3, -0.25) is 4.79 Å². The number of carbonyl (C=O) groups excluding carboxylic acids is 1. The molecule has 5 heteroatoms. The molecule has 0 aliphatic rings. The second kappa shape index (κ2) is 6.04. The third-order valence-electron chi connectivity index (χ3n) is 3.44. The molecule has 0 spiro atoms. The standard InChI is InChI=1S/C18H13FO4/c1-11-7-18(21)23-17-9-14(5-6-15(11)17)22-10-16(20)12-3-2-4-13(19)8-12/h2-9H,10H2,1H3. The van der Waals surface area contributed by atoms with Crippen molar-refractivity contribution in [3.05, 3.63) is 75.9 Å². The summed E-state index contributed by atoms with van der Waals surface area (Å²) in [5.41, 5.74) is 1.00. The van der Waals surface area contributed by atoms with Gasteiger partial charge in [0.2, 0.25) is 0 Å². The summed E-state index contributed by atoms with van der Waals surface area (Å²) in [6.45, 7) is 1.58. The lowest BCUT2D eigenvalue weighted by Crippen LogP contribution is -2.11. The number of ether oxygens (including phenoxy) is 1. The van der Waals surface area contributed by atoms with Crippen LogP contribution in [0.2, 0.25) is 0 Å². The molecule has 116 valence electrons. The monoisotopic (exact) mass is 312 g/mol. The van der Waals surface area contributed by atoms with Crippen LogP contribution in [-0.2, 0) is 0 Å². The van der Waals surface area contributed by atoms with Gasteiger partial charge in [-0.1, -0.05) is 12.1 Å². The third kappa shape index (κ3) is 3.29. The van der Waals surface area contributed by atoms with Crippen molar-refractivity contribution in [2.24, 2.45) is 0 Å². The van der Waals surface area contributed by atoms with Gasteiger partial charge in [-0.2, -0.15) is 0 Å². The minimum atomic E-state index is -0.473. The van der Waals surface area contributed by atoms with Crippen molar-refractivity contribution in [3.8, 4) is 5.75 Å². The topological polar surface area (TPSA) is 56.5 Å². The Bertz CT molecular complexity index is 943. The number of rotatable bonds is 4. The lowest BCUT2D eigenvalue weighted by atomic mass is 10.1. The van der Waals surface area contributed by atoms with Crippen molar-refractivity contribution in [1.29, 1.82) is 0 Å². The molecular formula is C18H13FO4. The van der Waals surface area contributed by atoms with Crippen LogP contribution in [0.5, 0.6) is 5.75 Å². The number of aryl methyl sites for hydroxylation is 1. The summed E-state index contributed by atoms with van der Waals surface area (Å²) in [4.78, 5) is 23.4. The molecule has 0 radical (unpaired) electrons. The highest BCUT2D eigenvalue weighted by atomic mass is 19.1. The molecular weight excluding hydrogens is 299 g/mol. The first-order valence-corrected chi connectivity index (χ1v) is 6.99. The Morgan fingerprint density at radius 2 is 2.00 bits per heavy atom. The third-order valence-corrected chi connectivity index (χ3v) is 3.44. The summed E-state index contributed by atoms with van der Waals surface area (Å²) in [6, 6.07) is 11.8. The zero-order valence-corrected chi connectivity index (χ0v) is 12.3. The molecule has 0 aliphatic carbocycles. The summed E-state index contributed by atoms with van der Waals surface area (Å²) in [7, 11) is 0. The van der Waals surface area contributed by atoms with E-state index in [1.807, 2.05) is 6.92 Å². The molecule has 1 aromatic heterocycles. The fraction of sp³-hybridized carbons (Fsp3) is 0.111. The second-order valence-corrected chi connectivity index (χ2v) is 5.13. The van der Waals surface area contributed by atoms with E-state index < -0.39 is 11.4 Å². The van der Waals surface area contributed by atoms with Crippen molar-refractivity contribution in [2.45, 2.75) is 6.92 Å². The molecule has 3 rings (SSSR count). The van der Waals surface area contributed by atoms with Crippen LogP contribution >= 0.6 is 0 Å². The maximum atomic E-state index is 13.1. The number of hydrogen-bond donors (Lipinski definition) is 0. The van der Waals surface area contributed by atoms with Crippen molar-refractivity contribution in [3.63, 3.8) is 0 Å². The minimum Gasteiger partial charge on any atom is -0.485 e. The highest BCUT2D eigenvalue weighted by molar-refractivity contribution is 5.97. The van der Waals surface area contributed by atoms with Crippen LogP contribution < -0.4 is 10.4 Å². The molecule has 0 aliphatic heterocycles. The largest absolute Gasteiger partial charge is 0.485 e. The normalized spacial score (nSPS) is 10.7. The average Bonchev–Trinajstić information content (AvgIpc) is 2.52. The zero-order valence-electron chi connectivity index (χ0n) is 12.3. The lowest BCUT2D eigenvalue weighted by molar-refractivity contribution is 0.0921. The Morgan fingerprint density at radius 1 is 1.17 bits per heavy atom. The van der Waals surface area contributed by atoms with Crippen LogP contribution in [0, 0.1) is 12.7 Å². The molecule has 23 heavy (non-hydrogen) atoms. The Morgan fingerprint density at radius 3 is 2.78 bits per heavy atom. The number of ketones is 1.